The molecule has 2 heterocycles. The Morgan fingerprint density at radius 2 is 2.04 bits per heavy atom. The summed E-state index contributed by atoms with van der Waals surface area (Å²) >= 11 is 0. The Morgan fingerprint density at radius 1 is 1.32 bits per heavy atom. The predicted molar refractivity (Wildman–Crippen MR) is 112 cm³/mol. The Kier molecular flexibility index (Phi) is 6.52. The van der Waals surface area contributed by atoms with Crippen LogP contribution in [-0.4, -0.2) is 59.4 Å². The van der Waals surface area contributed by atoms with E-state index in [0.29, 0.717) is 11.3 Å². The highest BCUT2D eigenvalue weighted by Crippen LogP contribution is 2.37. The number of nitrogens with zero attached hydrogens (tertiary/aromatic N) is 1. The molecule has 6 nitrogen and oxygen atoms in total. The molecule has 2 aliphatic heterocycles. The predicted octanol–water partition coefficient (Wildman–Crippen LogP) is 2.85. The molecule has 0 unspecified atom stereocenters. The molecule has 0 aromatic heterocycles. The lowest BCUT2D eigenvalue weighted by Gasteiger charge is -2.42. The average molecular weight is 385 g/mol. The molecule has 0 bridgehead atoms. The molecule has 0 aliphatic carbocycles. The van der Waals surface area contributed by atoms with Gasteiger partial charge in [-0.15, -0.1) is 0 Å². The third-order valence-electron chi connectivity index (χ3n) is 5.95. The van der Waals surface area contributed by atoms with Crippen LogP contribution < -0.4 is 10.6 Å². The Bertz CT molecular complexity index is 751. The summed E-state index contributed by atoms with van der Waals surface area (Å²) in [6, 6.07) is 6.98. The zero-order valence-corrected chi connectivity index (χ0v) is 16.9. The van der Waals surface area contributed by atoms with Crippen LogP contribution in [0.25, 0.3) is 0 Å². The first-order valence-electron chi connectivity index (χ1n) is 10.2. The Balaban J connectivity index is 1.85. The van der Waals surface area contributed by atoms with Crippen molar-refractivity contribution < 1.29 is 9.90 Å². The van der Waals surface area contributed by atoms with Crippen LogP contribution in [0.5, 0.6) is 0 Å². The highest BCUT2D eigenvalue weighted by molar-refractivity contribution is 6.11. The van der Waals surface area contributed by atoms with E-state index in [9.17, 15) is 9.90 Å². The number of benzene rings is 1. The minimum atomic E-state index is -0.964. The monoisotopic (exact) mass is 384 g/mol. The molecule has 2 fully saturated rings. The van der Waals surface area contributed by atoms with Crippen LogP contribution in [0.2, 0.25) is 0 Å². The highest BCUT2D eigenvalue weighted by Gasteiger charge is 2.41. The molecule has 2 saturated heterocycles. The van der Waals surface area contributed by atoms with Gasteiger partial charge in [0.05, 0.1) is 11.3 Å². The molecule has 0 saturated carbocycles. The minimum absolute atomic E-state index is 0.217. The molecule has 0 amide bonds. The summed E-state index contributed by atoms with van der Waals surface area (Å²) in [5.41, 5.74) is 2.42. The van der Waals surface area contributed by atoms with E-state index in [-0.39, 0.29) is 17.1 Å². The maximum absolute atomic E-state index is 11.3. The van der Waals surface area contributed by atoms with Crippen LogP contribution >= 0.6 is 0 Å². The third kappa shape index (κ3) is 4.62. The normalized spacial score (nSPS) is 19.9. The topological polar surface area (TPSA) is 88.5 Å². The quantitative estimate of drug-likeness (QED) is 0.543. The van der Waals surface area contributed by atoms with E-state index in [1.54, 1.807) is 18.2 Å². The molecule has 1 spiro atoms. The Hall–Kier alpha value is -2.18. The van der Waals surface area contributed by atoms with Gasteiger partial charge in [0.25, 0.3) is 0 Å². The summed E-state index contributed by atoms with van der Waals surface area (Å²) < 4.78 is 0. The van der Waals surface area contributed by atoms with Crippen LogP contribution in [0.15, 0.2) is 36.0 Å². The summed E-state index contributed by atoms with van der Waals surface area (Å²) in [4.78, 5) is 13.9. The average Bonchev–Trinajstić information content (AvgIpc) is 3.06. The fourth-order valence-corrected chi connectivity index (χ4v) is 4.36. The van der Waals surface area contributed by atoms with Gasteiger partial charge in [-0.25, -0.2) is 4.79 Å². The maximum atomic E-state index is 11.3. The molecule has 1 aromatic rings. The number of nitrogens with one attached hydrogen (secondary N) is 3. The van der Waals surface area contributed by atoms with E-state index >= 15 is 0 Å². The van der Waals surface area contributed by atoms with Crippen LogP contribution in [0, 0.1) is 5.41 Å². The Morgan fingerprint density at radius 3 is 2.71 bits per heavy atom. The van der Waals surface area contributed by atoms with E-state index in [0.717, 1.165) is 44.6 Å². The summed E-state index contributed by atoms with van der Waals surface area (Å²) in [6.07, 6.45) is 6.68. The lowest BCUT2D eigenvalue weighted by molar-refractivity contribution is 0.0697. The number of hydrogen-bond acceptors (Lipinski definition) is 5. The van der Waals surface area contributed by atoms with Crippen molar-refractivity contribution in [3.8, 4) is 0 Å². The molecule has 6 heteroatoms. The number of hydrogen-bond donors (Lipinski definition) is 4. The fraction of sp³-hybridized carbons (Fsp3) is 0.545. The van der Waals surface area contributed by atoms with Gasteiger partial charge in [-0.1, -0.05) is 12.1 Å². The second-order valence-corrected chi connectivity index (χ2v) is 8.25. The number of aromatic carboxylic acids is 1. The second-order valence-electron chi connectivity index (χ2n) is 8.25. The first-order chi connectivity index (χ1) is 13.4. The van der Waals surface area contributed by atoms with E-state index in [4.69, 9.17) is 5.41 Å². The van der Waals surface area contributed by atoms with Crippen LogP contribution in [0.4, 0.5) is 0 Å². The van der Waals surface area contributed by atoms with Crippen molar-refractivity contribution in [2.75, 3.05) is 26.2 Å². The third-order valence-corrected chi connectivity index (χ3v) is 5.95. The molecule has 28 heavy (non-hydrogen) atoms. The first kappa shape index (κ1) is 20.6. The van der Waals surface area contributed by atoms with Gasteiger partial charge in [-0.05, 0) is 71.3 Å². The van der Waals surface area contributed by atoms with Gasteiger partial charge in [-0.3, -0.25) is 10.3 Å². The van der Waals surface area contributed by atoms with Gasteiger partial charge < -0.3 is 15.7 Å². The van der Waals surface area contributed by atoms with Crippen molar-refractivity contribution in [2.24, 2.45) is 0 Å². The van der Waals surface area contributed by atoms with Crippen molar-refractivity contribution in [1.82, 2.24) is 15.5 Å². The van der Waals surface area contributed by atoms with Gasteiger partial charge in [-0.2, -0.15) is 0 Å². The van der Waals surface area contributed by atoms with Crippen LogP contribution in [-0.2, 0) is 0 Å². The zero-order valence-electron chi connectivity index (χ0n) is 16.9. The van der Waals surface area contributed by atoms with Crippen molar-refractivity contribution in [2.45, 2.75) is 51.1 Å². The molecule has 0 atom stereocenters. The lowest BCUT2D eigenvalue weighted by Crippen LogP contribution is -2.51. The Labute approximate surface area is 167 Å². The van der Waals surface area contributed by atoms with E-state index in [1.807, 2.05) is 12.3 Å². The number of carboxylic acids is 1. The van der Waals surface area contributed by atoms with Gasteiger partial charge in [0.1, 0.15) is 0 Å². The van der Waals surface area contributed by atoms with Crippen molar-refractivity contribution >= 4 is 11.7 Å². The molecule has 2 aliphatic rings. The van der Waals surface area contributed by atoms with E-state index in [1.165, 1.54) is 12.8 Å². The number of rotatable bonds is 7. The fourth-order valence-electron chi connectivity index (χ4n) is 4.36. The van der Waals surface area contributed by atoms with E-state index in [2.05, 4.69) is 29.4 Å². The summed E-state index contributed by atoms with van der Waals surface area (Å²) in [5, 5.41) is 24.9. The summed E-state index contributed by atoms with van der Waals surface area (Å²) in [7, 11) is 0. The van der Waals surface area contributed by atoms with Crippen molar-refractivity contribution in [1.29, 1.82) is 5.41 Å². The smallest absolute Gasteiger partial charge is 0.335 e. The molecule has 152 valence electrons. The molecule has 4 N–H and O–H groups in total. The second kappa shape index (κ2) is 8.88. The number of carboxylic acid groups (broad SMARTS) is 1. The van der Waals surface area contributed by atoms with Gasteiger partial charge in [0.15, 0.2) is 0 Å². The lowest BCUT2D eigenvalue weighted by atomic mass is 9.85. The van der Waals surface area contributed by atoms with Gasteiger partial charge in [0.2, 0.25) is 0 Å². The summed E-state index contributed by atoms with van der Waals surface area (Å²) in [6.45, 7) is 8.03. The highest BCUT2D eigenvalue weighted by atomic mass is 16.4. The van der Waals surface area contributed by atoms with Gasteiger partial charge in [0, 0.05) is 35.5 Å². The van der Waals surface area contributed by atoms with E-state index < -0.39 is 5.97 Å². The molecule has 0 radical (unpaired) electrons. The number of likely N-dealkylation sites (tertiary alicyclic amines) is 1. The SMILES string of the molecule is CC(C)N/C=C(/CN1CCCC12CCNCC2)C(=N)c1cccc(C(=O)O)c1. The number of piperidine rings is 1. The molecular weight excluding hydrogens is 352 g/mol. The standard InChI is InChI=1S/C22H32N4O2/c1-16(2)25-14-19(20(23)17-5-3-6-18(13-17)21(27)28)15-26-12-4-7-22(26)8-10-24-11-9-22/h3,5-6,13-14,16,23-25H,4,7-12,15H2,1-2H3,(H,27,28)/b19-14-,23-20?. The zero-order chi connectivity index (χ0) is 20.1. The minimum Gasteiger partial charge on any atom is -0.478 e. The molecular formula is C22H32N4O2. The number of carbonyl (C=O) groups is 1. The van der Waals surface area contributed by atoms with Gasteiger partial charge >= 0.3 is 5.97 Å². The van der Waals surface area contributed by atoms with Crippen molar-refractivity contribution in [3.05, 3.63) is 47.2 Å². The van der Waals surface area contributed by atoms with Crippen molar-refractivity contribution in [3.63, 3.8) is 0 Å². The van der Waals surface area contributed by atoms with Crippen LogP contribution in [0.3, 0.4) is 0 Å². The first-order valence-corrected chi connectivity index (χ1v) is 10.2. The molecule has 3 rings (SSSR count). The molecule has 1 aromatic carbocycles. The largest absolute Gasteiger partial charge is 0.478 e. The maximum Gasteiger partial charge on any atom is 0.335 e. The summed E-state index contributed by atoms with van der Waals surface area (Å²) in [5.74, 6) is -0.964. The van der Waals surface area contributed by atoms with Crippen LogP contribution in [0.1, 0.15) is 55.5 Å².